The predicted molar refractivity (Wildman–Crippen MR) is 63.8 cm³/mol. The molecule has 0 unspecified atom stereocenters. The molecule has 0 radical (unpaired) electrons. The van der Waals surface area contributed by atoms with Crippen molar-refractivity contribution in [3.05, 3.63) is 17.7 Å². The summed E-state index contributed by atoms with van der Waals surface area (Å²) < 4.78 is 43.3. The molecule has 3 nitrogen and oxygen atoms in total. The maximum Gasteiger partial charge on any atom is 0.416 e. The first-order chi connectivity index (χ1) is 8.32. The summed E-state index contributed by atoms with van der Waals surface area (Å²) in [7, 11) is 0. The Bertz CT molecular complexity index is 391. The minimum absolute atomic E-state index is 0.0153. The lowest BCUT2D eigenvalue weighted by Gasteiger charge is -2.14. The minimum Gasteiger partial charge on any atom is -0.475 e. The summed E-state index contributed by atoms with van der Waals surface area (Å²) in [5, 5.41) is 2.83. The monoisotopic (exact) mass is 262 g/mol. The topological polar surface area (TPSA) is 34.1 Å². The van der Waals surface area contributed by atoms with Crippen LogP contribution in [-0.2, 0) is 6.18 Å². The number of ether oxygens (including phenoxy) is 1. The van der Waals surface area contributed by atoms with E-state index in [1.54, 1.807) is 13.8 Å². The summed E-state index contributed by atoms with van der Waals surface area (Å²) in [5.74, 6) is 0.167. The van der Waals surface area contributed by atoms with Crippen molar-refractivity contribution in [1.29, 1.82) is 0 Å². The maximum absolute atomic E-state index is 12.7. The van der Waals surface area contributed by atoms with E-state index >= 15 is 0 Å². The van der Waals surface area contributed by atoms with Gasteiger partial charge in [0.25, 0.3) is 0 Å². The van der Waals surface area contributed by atoms with Crippen LogP contribution in [0.5, 0.6) is 5.88 Å². The fourth-order valence-electron chi connectivity index (χ4n) is 1.31. The lowest BCUT2D eigenvalue weighted by atomic mass is 10.2. The lowest BCUT2D eigenvalue weighted by molar-refractivity contribution is -0.137. The molecular weight excluding hydrogens is 245 g/mol. The van der Waals surface area contributed by atoms with Gasteiger partial charge in [0.15, 0.2) is 0 Å². The number of nitrogens with one attached hydrogen (secondary N) is 1. The van der Waals surface area contributed by atoms with Gasteiger partial charge in [0.2, 0.25) is 5.88 Å². The molecule has 0 atom stereocenters. The largest absolute Gasteiger partial charge is 0.475 e. The number of alkyl halides is 3. The van der Waals surface area contributed by atoms with E-state index in [2.05, 4.69) is 10.3 Å². The number of halogens is 3. The third-order valence-corrected chi connectivity index (χ3v) is 2.04. The molecule has 0 saturated heterocycles. The smallest absolute Gasteiger partial charge is 0.416 e. The van der Waals surface area contributed by atoms with Gasteiger partial charge in [0.1, 0.15) is 5.82 Å². The van der Waals surface area contributed by atoms with E-state index in [1.165, 1.54) is 0 Å². The molecule has 0 fully saturated rings. The van der Waals surface area contributed by atoms with Crippen molar-refractivity contribution in [3.63, 3.8) is 0 Å². The molecule has 18 heavy (non-hydrogen) atoms. The first-order valence-electron chi connectivity index (χ1n) is 5.82. The normalized spacial score (nSPS) is 11.7. The van der Waals surface area contributed by atoms with Crippen molar-refractivity contribution in [3.8, 4) is 5.88 Å². The van der Waals surface area contributed by atoms with Gasteiger partial charge in [-0.3, -0.25) is 0 Å². The molecule has 1 aromatic heterocycles. The predicted octanol–water partition coefficient (Wildman–Crippen LogP) is 3.71. The van der Waals surface area contributed by atoms with Crippen LogP contribution in [0.1, 0.15) is 32.8 Å². The van der Waals surface area contributed by atoms with Gasteiger partial charge in [-0.1, -0.05) is 6.92 Å². The second-order valence-electron chi connectivity index (χ2n) is 4.17. The third kappa shape index (κ3) is 4.43. The van der Waals surface area contributed by atoms with Crippen LogP contribution in [0.2, 0.25) is 0 Å². The summed E-state index contributed by atoms with van der Waals surface area (Å²) >= 11 is 0. The molecule has 0 aliphatic heterocycles. The van der Waals surface area contributed by atoms with E-state index in [1.807, 2.05) is 6.92 Å². The average Bonchev–Trinajstić information content (AvgIpc) is 2.24. The Kier molecular flexibility index (Phi) is 4.81. The molecular formula is C12H17F3N2O. The summed E-state index contributed by atoms with van der Waals surface area (Å²) in [6, 6.07) is 1.90. The molecule has 0 spiro atoms. The van der Waals surface area contributed by atoms with Gasteiger partial charge in [-0.15, -0.1) is 0 Å². The Morgan fingerprint density at radius 2 is 2.00 bits per heavy atom. The van der Waals surface area contributed by atoms with Crippen molar-refractivity contribution < 1.29 is 17.9 Å². The molecule has 0 amide bonds. The highest BCUT2D eigenvalue weighted by atomic mass is 19.4. The van der Waals surface area contributed by atoms with Crippen LogP contribution in [0.4, 0.5) is 19.0 Å². The van der Waals surface area contributed by atoms with Gasteiger partial charge < -0.3 is 10.1 Å². The van der Waals surface area contributed by atoms with Crippen molar-refractivity contribution in [1.82, 2.24) is 4.98 Å². The Morgan fingerprint density at radius 3 is 2.50 bits per heavy atom. The van der Waals surface area contributed by atoms with Crippen LogP contribution in [0.25, 0.3) is 0 Å². The van der Waals surface area contributed by atoms with E-state index in [-0.39, 0.29) is 17.8 Å². The zero-order valence-electron chi connectivity index (χ0n) is 10.6. The van der Waals surface area contributed by atoms with Crippen LogP contribution >= 0.6 is 0 Å². The summed E-state index contributed by atoms with van der Waals surface area (Å²) in [4.78, 5) is 3.99. The number of hydrogen-bond donors (Lipinski definition) is 1. The number of anilines is 1. The van der Waals surface area contributed by atoms with Crippen LogP contribution in [0, 0.1) is 0 Å². The highest BCUT2D eigenvalue weighted by molar-refractivity contribution is 5.42. The number of rotatable bonds is 5. The van der Waals surface area contributed by atoms with Crippen molar-refractivity contribution in [2.75, 3.05) is 11.9 Å². The molecule has 0 aromatic carbocycles. The molecule has 0 bridgehead atoms. The maximum atomic E-state index is 12.7. The van der Waals surface area contributed by atoms with Gasteiger partial charge >= 0.3 is 6.18 Å². The number of nitrogens with zero attached hydrogens (tertiary/aromatic N) is 1. The molecule has 0 aliphatic rings. The SMILES string of the molecule is CCCNc1cc(C(F)(F)F)cc(OC(C)C)n1. The van der Waals surface area contributed by atoms with Crippen LogP contribution in [0.15, 0.2) is 12.1 Å². The van der Waals surface area contributed by atoms with E-state index in [0.717, 1.165) is 18.6 Å². The van der Waals surface area contributed by atoms with Gasteiger partial charge in [-0.05, 0) is 26.3 Å². The first-order valence-corrected chi connectivity index (χ1v) is 5.82. The van der Waals surface area contributed by atoms with Crippen LogP contribution in [0.3, 0.4) is 0 Å². The second kappa shape index (κ2) is 5.93. The summed E-state index contributed by atoms with van der Waals surface area (Å²) in [6.07, 6.45) is -3.82. The second-order valence-corrected chi connectivity index (χ2v) is 4.17. The Hall–Kier alpha value is -1.46. The molecule has 6 heteroatoms. The molecule has 1 heterocycles. The summed E-state index contributed by atoms with van der Waals surface area (Å²) in [5.41, 5.74) is -0.758. The number of hydrogen-bond acceptors (Lipinski definition) is 3. The van der Waals surface area contributed by atoms with Gasteiger partial charge in [0.05, 0.1) is 11.7 Å². The Labute approximate surface area is 104 Å². The first kappa shape index (κ1) is 14.6. The zero-order chi connectivity index (χ0) is 13.8. The fourth-order valence-corrected chi connectivity index (χ4v) is 1.31. The van der Waals surface area contributed by atoms with Crippen molar-refractivity contribution >= 4 is 5.82 Å². The zero-order valence-corrected chi connectivity index (χ0v) is 10.6. The fraction of sp³-hybridized carbons (Fsp3) is 0.583. The van der Waals surface area contributed by atoms with Gasteiger partial charge in [-0.25, -0.2) is 0 Å². The van der Waals surface area contributed by atoms with Crippen LogP contribution in [-0.4, -0.2) is 17.6 Å². The molecule has 102 valence electrons. The average molecular weight is 262 g/mol. The molecule has 0 aliphatic carbocycles. The van der Waals surface area contributed by atoms with Crippen molar-refractivity contribution in [2.24, 2.45) is 0 Å². The Morgan fingerprint density at radius 1 is 1.33 bits per heavy atom. The van der Waals surface area contributed by atoms with Crippen molar-refractivity contribution in [2.45, 2.75) is 39.5 Å². The molecule has 1 N–H and O–H groups in total. The van der Waals surface area contributed by atoms with Crippen LogP contribution < -0.4 is 10.1 Å². The van der Waals surface area contributed by atoms with E-state index < -0.39 is 11.7 Å². The molecule has 0 saturated carbocycles. The van der Waals surface area contributed by atoms with Gasteiger partial charge in [0, 0.05) is 12.6 Å². The number of pyridine rings is 1. The van der Waals surface area contributed by atoms with E-state index in [0.29, 0.717) is 6.54 Å². The van der Waals surface area contributed by atoms with Gasteiger partial charge in [-0.2, -0.15) is 18.2 Å². The van der Waals surface area contributed by atoms with E-state index in [4.69, 9.17) is 4.74 Å². The minimum atomic E-state index is -4.40. The molecule has 1 rings (SSSR count). The number of aromatic nitrogens is 1. The highest BCUT2D eigenvalue weighted by Gasteiger charge is 2.32. The highest BCUT2D eigenvalue weighted by Crippen LogP contribution is 2.32. The van der Waals surface area contributed by atoms with E-state index in [9.17, 15) is 13.2 Å². The lowest BCUT2D eigenvalue weighted by Crippen LogP contribution is -2.12. The third-order valence-electron chi connectivity index (χ3n) is 2.04. The Balaban J connectivity index is 3.03. The quantitative estimate of drug-likeness (QED) is 0.878. The molecule has 1 aromatic rings. The standard InChI is InChI=1S/C12H17F3N2O/c1-4-5-16-10-6-9(12(13,14)15)7-11(17-10)18-8(2)3/h6-8H,4-5H2,1-3H3,(H,16,17). The summed E-state index contributed by atoms with van der Waals surface area (Å²) in [6.45, 7) is 5.96.